The van der Waals surface area contributed by atoms with Crippen LogP contribution in [-0.2, 0) is 0 Å². The zero-order valence-corrected chi connectivity index (χ0v) is 11.2. The minimum absolute atomic E-state index is 0.663. The summed E-state index contributed by atoms with van der Waals surface area (Å²) < 4.78 is 0. The van der Waals surface area contributed by atoms with Crippen molar-refractivity contribution in [3.8, 4) is 0 Å². The van der Waals surface area contributed by atoms with E-state index in [0.29, 0.717) is 5.54 Å². The molecule has 17 heavy (non-hydrogen) atoms. The predicted octanol–water partition coefficient (Wildman–Crippen LogP) is 2.20. The van der Waals surface area contributed by atoms with Crippen molar-refractivity contribution in [1.82, 2.24) is 9.80 Å². The van der Waals surface area contributed by atoms with Gasteiger partial charge in [-0.05, 0) is 63.3 Å². The SMILES string of the molecule is CN1CCN(C23CC4CC(CC(C4)C2)C3)CC1. The maximum absolute atomic E-state index is 2.90. The molecular formula is C15H26N2. The minimum Gasteiger partial charge on any atom is -0.304 e. The van der Waals surface area contributed by atoms with Gasteiger partial charge in [0.1, 0.15) is 0 Å². The van der Waals surface area contributed by atoms with Gasteiger partial charge < -0.3 is 4.90 Å². The topological polar surface area (TPSA) is 6.48 Å². The molecule has 96 valence electrons. The van der Waals surface area contributed by atoms with Gasteiger partial charge in [-0.1, -0.05) is 0 Å². The van der Waals surface area contributed by atoms with Crippen molar-refractivity contribution in [2.45, 2.75) is 44.1 Å². The second-order valence-electron chi connectivity index (χ2n) is 7.43. The smallest absolute Gasteiger partial charge is 0.0218 e. The first kappa shape index (κ1) is 10.8. The van der Waals surface area contributed by atoms with Crippen LogP contribution in [0.4, 0.5) is 0 Å². The van der Waals surface area contributed by atoms with Gasteiger partial charge in [0, 0.05) is 31.7 Å². The number of rotatable bonds is 1. The molecule has 0 radical (unpaired) electrons. The second kappa shape index (κ2) is 3.71. The Hall–Kier alpha value is -0.0800. The van der Waals surface area contributed by atoms with Crippen LogP contribution in [-0.4, -0.2) is 48.6 Å². The van der Waals surface area contributed by atoms with Crippen LogP contribution in [0.1, 0.15) is 38.5 Å². The van der Waals surface area contributed by atoms with E-state index in [0.717, 1.165) is 17.8 Å². The Morgan fingerprint density at radius 1 is 0.765 bits per heavy atom. The van der Waals surface area contributed by atoms with Crippen molar-refractivity contribution >= 4 is 0 Å². The summed E-state index contributed by atoms with van der Waals surface area (Å²) in [6.07, 6.45) is 9.36. The number of likely N-dealkylation sites (N-methyl/N-ethyl adjacent to an activating group) is 1. The highest BCUT2D eigenvalue weighted by Crippen LogP contribution is 2.57. The lowest BCUT2D eigenvalue weighted by Crippen LogP contribution is -2.63. The van der Waals surface area contributed by atoms with Gasteiger partial charge in [-0.15, -0.1) is 0 Å². The van der Waals surface area contributed by atoms with Crippen molar-refractivity contribution < 1.29 is 0 Å². The van der Waals surface area contributed by atoms with Gasteiger partial charge in [0.05, 0.1) is 0 Å². The highest BCUT2D eigenvalue weighted by molar-refractivity contribution is 5.07. The maximum Gasteiger partial charge on any atom is 0.0218 e. The number of nitrogens with zero attached hydrogens (tertiary/aromatic N) is 2. The largest absolute Gasteiger partial charge is 0.304 e. The summed E-state index contributed by atoms with van der Waals surface area (Å²) in [6.45, 7) is 5.26. The molecule has 0 aromatic heterocycles. The Labute approximate surface area is 105 Å². The monoisotopic (exact) mass is 234 g/mol. The Kier molecular flexibility index (Phi) is 2.36. The zero-order valence-electron chi connectivity index (χ0n) is 11.2. The van der Waals surface area contributed by atoms with E-state index >= 15 is 0 Å². The lowest BCUT2D eigenvalue weighted by atomic mass is 9.52. The predicted molar refractivity (Wildman–Crippen MR) is 70.0 cm³/mol. The summed E-state index contributed by atoms with van der Waals surface area (Å²) in [4.78, 5) is 5.40. The molecule has 0 atom stereocenters. The van der Waals surface area contributed by atoms with E-state index in [9.17, 15) is 0 Å². The molecule has 0 amide bonds. The number of piperazine rings is 1. The van der Waals surface area contributed by atoms with E-state index < -0.39 is 0 Å². The van der Waals surface area contributed by atoms with Crippen molar-refractivity contribution in [3.63, 3.8) is 0 Å². The van der Waals surface area contributed by atoms with Crippen LogP contribution in [0, 0.1) is 17.8 Å². The van der Waals surface area contributed by atoms with Gasteiger partial charge in [0.2, 0.25) is 0 Å². The molecule has 0 unspecified atom stereocenters. The van der Waals surface area contributed by atoms with Crippen LogP contribution >= 0.6 is 0 Å². The molecule has 0 spiro atoms. The first-order chi connectivity index (χ1) is 8.23. The summed E-state index contributed by atoms with van der Waals surface area (Å²) >= 11 is 0. The van der Waals surface area contributed by atoms with Crippen molar-refractivity contribution in [1.29, 1.82) is 0 Å². The fourth-order valence-corrected chi connectivity index (χ4v) is 5.73. The molecule has 0 N–H and O–H groups in total. The molecule has 4 bridgehead atoms. The molecule has 1 heterocycles. The van der Waals surface area contributed by atoms with Gasteiger partial charge >= 0.3 is 0 Å². The third-order valence-electron chi connectivity index (χ3n) is 6.18. The molecule has 0 aromatic rings. The summed E-state index contributed by atoms with van der Waals surface area (Å²) in [5.41, 5.74) is 0.663. The normalized spacial score (nSPS) is 51.0. The van der Waals surface area contributed by atoms with Gasteiger partial charge in [0.25, 0.3) is 0 Å². The lowest BCUT2D eigenvalue weighted by molar-refractivity contribution is -0.0994. The van der Waals surface area contributed by atoms with Crippen LogP contribution in [0.3, 0.4) is 0 Å². The Morgan fingerprint density at radius 3 is 1.71 bits per heavy atom. The Morgan fingerprint density at radius 2 is 1.24 bits per heavy atom. The fraction of sp³-hybridized carbons (Fsp3) is 1.00. The van der Waals surface area contributed by atoms with Gasteiger partial charge in [-0.2, -0.15) is 0 Å². The Bertz CT molecular complexity index is 269. The lowest BCUT2D eigenvalue weighted by Gasteiger charge is -2.61. The molecular weight excluding hydrogens is 208 g/mol. The summed E-state index contributed by atoms with van der Waals surface area (Å²) in [6, 6.07) is 0. The highest BCUT2D eigenvalue weighted by Gasteiger charge is 2.53. The number of hydrogen-bond donors (Lipinski definition) is 0. The van der Waals surface area contributed by atoms with Crippen molar-refractivity contribution in [2.75, 3.05) is 33.2 Å². The van der Waals surface area contributed by atoms with E-state index in [4.69, 9.17) is 0 Å². The highest BCUT2D eigenvalue weighted by atomic mass is 15.3. The van der Waals surface area contributed by atoms with E-state index in [1.807, 2.05) is 0 Å². The van der Waals surface area contributed by atoms with Crippen LogP contribution in [0.25, 0.3) is 0 Å². The average Bonchev–Trinajstić information content (AvgIpc) is 2.27. The van der Waals surface area contributed by atoms with Crippen LogP contribution in [0.2, 0.25) is 0 Å². The summed E-state index contributed by atoms with van der Waals surface area (Å²) in [5, 5.41) is 0. The second-order valence-corrected chi connectivity index (χ2v) is 7.43. The maximum atomic E-state index is 2.90. The first-order valence-electron chi connectivity index (χ1n) is 7.67. The molecule has 5 rings (SSSR count). The van der Waals surface area contributed by atoms with Crippen LogP contribution in [0.5, 0.6) is 0 Å². The fourth-order valence-electron chi connectivity index (χ4n) is 5.73. The summed E-state index contributed by atoms with van der Waals surface area (Å²) in [7, 11) is 2.27. The molecule has 4 aliphatic carbocycles. The zero-order chi connectivity index (χ0) is 11.5. The van der Waals surface area contributed by atoms with E-state index in [2.05, 4.69) is 16.8 Å². The first-order valence-corrected chi connectivity index (χ1v) is 7.67. The molecule has 2 heteroatoms. The minimum atomic E-state index is 0.663. The number of hydrogen-bond acceptors (Lipinski definition) is 2. The Balaban J connectivity index is 1.56. The molecule has 1 saturated heterocycles. The van der Waals surface area contributed by atoms with Gasteiger partial charge in [-0.3, -0.25) is 4.90 Å². The quantitative estimate of drug-likeness (QED) is 0.686. The summed E-state index contributed by atoms with van der Waals surface area (Å²) in [5.74, 6) is 3.29. The molecule has 5 aliphatic rings. The van der Waals surface area contributed by atoms with Gasteiger partial charge in [0.15, 0.2) is 0 Å². The van der Waals surface area contributed by atoms with Crippen LogP contribution < -0.4 is 0 Å². The molecule has 0 aromatic carbocycles. The third-order valence-corrected chi connectivity index (χ3v) is 6.18. The van der Waals surface area contributed by atoms with E-state index in [1.165, 1.54) is 26.2 Å². The standard InChI is InChI=1S/C15H26N2/c1-16-2-4-17(5-3-16)15-9-12-6-13(10-15)8-14(7-12)11-15/h12-14H,2-11H2,1H3. The average molecular weight is 234 g/mol. The third kappa shape index (κ3) is 1.67. The van der Waals surface area contributed by atoms with E-state index in [1.54, 1.807) is 38.5 Å². The van der Waals surface area contributed by atoms with Crippen molar-refractivity contribution in [3.05, 3.63) is 0 Å². The van der Waals surface area contributed by atoms with E-state index in [-0.39, 0.29) is 0 Å². The molecule has 5 fully saturated rings. The molecule has 2 nitrogen and oxygen atoms in total. The van der Waals surface area contributed by atoms with Gasteiger partial charge in [-0.25, -0.2) is 0 Å². The van der Waals surface area contributed by atoms with Crippen molar-refractivity contribution in [2.24, 2.45) is 17.8 Å². The molecule has 1 aliphatic heterocycles. The molecule has 4 saturated carbocycles. The van der Waals surface area contributed by atoms with Crippen LogP contribution in [0.15, 0.2) is 0 Å².